The van der Waals surface area contributed by atoms with Crippen molar-refractivity contribution in [2.24, 2.45) is 0 Å². The number of carbonyl (C=O) groups excluding carboxylic acids is 2. The maximum Gasteiger partial charge on any atom is 0.317 e. The van der Waals surface area contributed by atoms with Gasteiger partial charge in [0, 0.05) is 10.4 Å². The maximum absolute atomic E-state index is 12.8. The highest BCUT2D eigenvalue weighted by atomic mass is 35.5. The Morgan fingerprint density at radius 2 is 1.81 bits per heavy atom. The summed E-state index contributed by atoms with van der Waals surface area (Å²) in [6, 6.07) is 8.52. The first kappa shape index (κ1) is 22.6. The lowest BCUT2D eigenvalue weighted by atomic mass is 10.0. The molecule has 7 nitrogen and oxygen atoms in total. The van der Waals surface area contributed by atoms with Crippen molar-refractivity contribution in [3.05, 3.63) is 46.3 Å². The third-order valence-electron chi connectivity index (χ3n) is 3.54. The van der Waals surface area contributed by atoms with Gasteiger partial charge in [-0.3, -0.25) is 19.7 Å². The molecule has 0 spiro atoms. The van der Waals surface area contributed by atoms with Crippen LogP contribution in [0.3, 0.4) is 0 Å². The standard InChI is InChI=1S/C18H20N2O5S.ClH/c1-3-13-8-14(17(24)11-4-6-12(25-2)7-5-11)18(26-13)20-15(21)9-19-10-16(22)23;/h4-8,19H,3,9-10H2,1-2H3,(H,20,21)(H,22,23);1H. The zero-order valence-electron chi connectivity index (χ0n) is 14.9. The third-order valence-corrected chi connectivity index (χ3v) is 4.74. The first-order valence-corrected chi connectivity index (χ1v) is 8.80. The predicted octanol–water partition coefficient (Wildman–Crippen LogP) is 2.58. The lowest BCUT2D eigenvalue weighted by Crippen LogP contribution is -2.31. The Bertz CT molecular complexity index is 805. The summed E-state index contributed by atoms with van der Waals surface area (Å²) in [5.74, 6) is -0.992. The summed E-state index contributed by atoms with van der Waals surface area (Å²) < 4.78 is 5.09. The van der Waals surface area contributed by atoms with Crippen molar-refractivity contribution in [2.75, 3.05) is 25.5 Å². The van der Waals surface area contributed by atoms with Gasteiger partial charge in [0.2, 0.25) is 5.91 Å². The Morgan fingerprint density at radius 3 is 2.37 bits per heavy atom. The number of benzene rings is 1. The predicted molar refractivity (Wildman–Crippen MR) is 107 cm³/mol. The van der Waals surface area contributed by atoms with Gasteiger partial charge in [-0.2, -0.15) is 0 Å². The van der Waals surface area contributed by atoms with Gasteiger partial charge in [0.15, 0.2) is 5.78 Å². The molecule has 0 aliphatic carbocycles. The molecule has 1 aromatic carbocycles. The lowest BCUT2D eigenvalue weighted by molar-refractivity contribution is -0.135. The molecule has 0 radical (unpaired) electrons. The van der Waals surface area contributed by atoms with Gasteiger partial charge in [-0.25, -0.2) is 0 Å². The molecule has 0 fully saturated rings. The van der Waals surface area contributed by atoms with E-state index in [0.29, 0.717) is 21.9 Å². The summed E-state index contributed by atoms with van der Waals surface area (Å²) in [4.78, 5) is 36.3. The molecule has 9 heteroatoms. The van der Waals surface area contributed by atoms with E-state index in [9.17, 15) is 14.4 Å². The second-order valence-corrected chi connectivity index (χ2v) is 6.55. The second kappa shape index (κ2) is 10.7. The molecule has 0 aliphatic rings. The van der Waals surface area contributed by atoms with Crippen LogP contribution in [0.4, 0.5) is 5.00 Å². The Labute approximate surface area is 167 Å². The Morgan fingerprint density at radius 1 is 1.15 bits per heavy atom. The highest BCUT2D eigenvalue weighted by Gasteiger charge is 2.19. The van der Waals surface area contributed by atoms with E-state index in [1.54, 1.807) is 37.4 Å². The number of methoxy groups -OCH3 is 1. The summed E-state index contributed by atoms with van der Waals surface area (Å²) in [7, 11) is 1.55. The second-order valence-electron chi connectivity index (χ2n) is 5.41. The monoisotopic (exact) mass is 412 g/mol. The number of carboxylic acids is 1. The quantitative estimate of drug-likeness (QED) is 0.547. The van der Waals surface area contributed by atoms with Gasteiger partial charge in [-0.05, 0) is 36.8 Å². The van der Waals surface area contributed by atoms with Crippen LogP contribution >= 0.6 is 23.7 Å². The minimum atomic E-state index is -1.04. The number of hydrogen-bond acceptors (Lipinski definition) is 6. The van der Waals surface area contributed by atoms with Crippen molar-refractivity contribution in [1.29, 1.82) is 0 Å². The molecule has 1 heterocycles. The summed E-state index contributed by atoms with van der Waals surface area (Å²) >= 11 is 1.34. The molecular formula is C18H21ClN2O5S. The number of ketones is 1. The van der Waals surface area contributed by atoms with Crippen LogP contribution in [0.2, 0.25) is 0 Å². The molecule has 2 rings (SSSR count). The lowest BCUT2D eigenvalue weighted by Gasteiger charge is -2.07. The van der Waals surface area contributed by atoms with Gasteiger partial charge in [0.1, 0.15) is 10.8 Å². The molecule has 27 heavy (non-hydrogen) atoms. The summed E-state index contributed by atoms with van der Waals surface area (Å²) in [5.41, 5.74) is 0.911. The summed E-state index contributed by atoms with van der Waals surface area (Å²) in [6.07, 6.45) is 0.737. The van der Waals surface area contributed by atoms with E-state index in [-0.39, 0.29) is 31.3 Å². The number of halogens is 1. The van der Waals surface area contributed by atoms with Crippen LogP contribution in [0.1, 0.15) is 27.7 Å². The summed E-state index contributed by atoms with van der Waals surface area (Å²) in [5, 5.41) is 14.3. The number of amides is 1. The zero-order chi connectivity index (χ0) is 19.1. The fraction of sp³-hybridized carbons (Fsp3) is 0.278. The molecule has 2 aromatic rings. The number of ether oxygens (including phenoxy) is 1. The normalized spacial score (nSPS) is 10.0. The zero-order valence-corrected chi connectivity index (χ0v) is 16.5. The fourth-order valence-electron chi connectivity index (χ4n) is 2.23. The molecule has 0 bridgehead atoms. The number of hydrogen-bond donors (Lipinski definition) is 3. The van der Waals surface area contributed by atoms with Gasteiger partial charge in [0.05, 0.1) is 25.8 Å². The maximum atomic E-state index is 12.8. The van der Waals surface area contributed by atoms with Crippen LogP contribution in [0.25, 0.3) is 0 Å². The van der Waals surface area contributed by atoms with Crippen molar-refractivity contribution in [3.63, 3.8) is 0 Å². The van der Waals surface area contributed by atoms with Crippen LogP contribution in [0.5, 0.6) is 5.75 Å². The average molecular weight is 413 g/mol. The van der Waals surface area contributed by atoms with E-state index in [1.807, 2.05) is 6.92 Å². The van der Waals surface area contributed by atoms with Gasteiger partial charge >= 0.3 is 5.97 Å². The molecule has 0 saturated carbocycles. The molecule has 0 saturated heterocycles. The molecule has 1 amide bonds. The number of anilines is 1. The van der Waals surface area contributed by atoms with Crippen molar-refractivity contribution in [2.45, 2.75) is 13.3 Å². The van der Waals surface area contributed by atoms with Crippen LogP contribution in [0.15, 0.2) is 30.3 Å². The molecule has 146 valence electrons. The van der Waals surface area contributed by atoms with E-state index in [4.69, 9.17) is 9.84 Å². The summed E-state index contributed by atoms with van der Waals surface area (Å²) in [6.45, 7) is 1.50. The molecule has 3 N–H and O–H groups in total. The molecular weight excluding hydrogens is 392 g/mol. The number of aliphatic carboxylic acids is 1. The fourth-order valence-corrected chi connectivity index (χ4v) is 3.24. The van der Waals surface area contributed by atoms with Crippen LogP contribution < -0.4 is 15.4 Å². The SMILES string of the molecule is CCc1cc(C(=O)c2ccc(OC)cc2)c(NC(=O)CNCC(=O)O)s1.Cl. The minimum absolute atomic E-state index is 0. The molecule has 0 aliphatic heterocycles. The highest BCUT2D eigenvalue weighted by molar-refractivity contribution is 7.16. The number of nitrogens with one attached hydrogen (secondary N) is 2. The van der Waals surface area contributed by atoms with Gasteiger partial charge in [0.25, 0.3) is 0 Å². The molecule has 0 atom stereocenters. The van der Waals surface area contributed by atoms with Gasteiger partial charge in [-0.15, -0.1) is 23.7 Å². The average Bonchev–Trinajstić information content (AvgIpc) is 3.03. The Balaban J connectivity index is 0.00000364. The van der Waals surface area contributed by atoms with Crippen molar-refractivity contribution < 1.29 is 24.2 Å². The van der Waals surface area contributed by atoms with Crippen molar-refractivity contribution in [3.8, 4) is 5.75 Å². The minimum Gasteiger partial charge on any atom is -0.497 e. The number of carbonyl (C=O) groups is 3. The van der Waals surface area contributed by atoms with Gasteiger partial charge < -0.3 is 15.2 Å². The molecule has 0 unspecified atom stereocenters. The smallest absolute Gasteiger partial charge is 0.317 e. The number of rotatable bonds is 9. The molecule has 1 aromatic heterocycles. The van der Waals surface area contributed by atoms with Crippen molar-refractivity contribution in [1.82, 2.24) is 5.32 Å². The van der Waals surface area contributed by atoms with E-state index in [0.717, 1.165) is 11.3 Å². The first-order valence-electron chi connectivity index (χ1n) is 7.98. The highest BCUT2D eigenvalue weighted by Crippen LogP contribution is 2.30. The van der Waals surface area contributed by atoms with E-state index < -0.39 is 11.9 Å². The third kappa shape index (κ3) is 6.35. The first-order chi connectivity index (χ1) is 12.4. The van der Waals surface area contributed by atoms with E-state index >= 15 is 0 Å². The Kier molecular flexibility index (Phi) is 8.93. The number of carboxylic acid groups (broad SMARTS) is 1. The Hall–Kier alpha value is -2.42. The van der Waals surface area contributed by atoms with Gasteiger partial charge in [-0.1, -0.05) is 6.92 Å². The van der Waals surface area contributed by atoms with Crippen LogP contribution in [0, 0.1) is 0 Å². The largest absolute Gasteiger partial charge is 0.497 e. The van der Waals surface area contributed by atoms with Crippen LogP contribution in [-0.2, 0) is 16.0 Å². The number of thiophene rings is 1. The van der Waals surface area contributed by atoms with E-state index in [1.165, 1.54) is 11.3 Å². The van der Waals surface area contributed by atoms with Crippen LogP contribution in [-0.4, -0.2) is 43.0 Å². The van der Waals surface area contributed by atoms with Crippen molar-refractivity contribution >= 4 is 46.4 Å². The number of aryl methyl sites for hydroxylation is 1. The topological polar surface area (TPSA) is 105 Å². The van der Waals surface area contributed by atoms with E-state index in [2.05, 4.69) is 10.6 Å².